The summed E-state index contributed by atoms with van der Waals surface area (Å²) in [5.74, 6) is 1.11. The monoisotopic (exact) mass is 569 g/mol. The molecule has 1 aromatic carbocycles. The molecule has 6 rings (SSSR count). The van der Waals surface area contributed by atoms with E-state index in [1.165, 1.54) is 5.56 Å². The quantitative estimate of drug-likeness (QED) is 0.280. The number of aryl methyl sites for hydroxylation is 2. The van der Waals surface area contributed by atoms with Crippen molar-refractivity contribution in [1.29, 1.82) is 0 Å². The van der Waals surface area contributed by atoms with Crippen molar-refractivity contribution >= 4 is 17.4 Å². The van der Waals surface area contributed by atoms with Crippen LogP contribution >= 0.6 is 0 Å². The first-order valence-corrected chi connectivity index (χ1v) is 14.1. The van der Waals surface area contributed by atoms with Crippen LogP contribution in [0.5, 0.6) is 0 Å². The summed E-state index contributed by atoms with van der Waals surface area (Å²) < 4.78 is 16.3. The van der Waals surface area contributed by atoms with Gasteiger partial charge in [0, 0.05) is 42.7 Å². The molecule has 0 bridgehead atoms. The summed E-state index contributed by atoms with van der Waals surface area (Å²) >= 11 is 0. The summed E-state index contributed by atoms with van der Waals surface area (Å²) in [7, 11) is 0. The van der Waals surface area contributed by atoms with Gasteiger partial charge in [0.05, 0.1) is 18.9 Å². The van der Waals surface area contributed by atoms with Gasteiger partial charge in [0.15, 0.2) is 18.2 Å². The number of carbonyl (C=O) groups is 1. The largest absolute Gasteiger partial charge is 0.441 e. The number of fused-ring (bicyclic) bond motifs is 1. The molecular weight excluding hydrogens is 534 g/mol. The van der Waals surface area contributed by atoms with Crippen LogP contribution in [0.1, 0.15) is 25.1 Å². The van der Waals surface area contributed by atoms with Crippen molar-refractivity contribution in [3.05, 3.63) is 66.0 Å². The van der Waals surface area contributed by atoms with Gasteiger partial charge in [0.25, 0.3) is 0 Å². The van der Waals surface area contributed by atoms with Gasteiger partial charge in [0.1, 0.15) is 23.2 Å². The average Bonchev–Trinajstić information content (AvgIpc) is 3.74. The number of benzene rings is 1. The highest BCUT2D eigenvalue weighted by atomic mass is 16.5. The number of nitrogens with two attached hydrogens (primary N) is 1. The lowest BCUT2D eigenvalue weighted by molar-refractivity contribution is -0.150. The van der Waals surface area contributed by atoms with Crippen molar-refractivity contribution in [2.45, 2.75) is 40.5 Å². The number of ether oxygens (including phenoxy) is 2. The fraction of sp³-hybridized carbons (Fsp3) is 0.367. The Morgan fingerprint density at radius 3 is 2.55 bits per heavy atom. The van der Waals surface area contributed by atoms with Gasteiger partial charge in [-0.1, -0.05) is 37.6 Å². The van der Waals surface area contributed by atoms with Crippen molar-refractivity contribution < 1.29 is 14.3 Å². The molecule has 5 aromatic rings. The summed E-state index contributed by atoms with van der Waals surface area (Å²) in [4.78, 5) is 19.4. The Morgan fingerprint density at radius 2 is 1.79 bits per heavy atom. The third-order valence-corrected chi connectivity index (χ3v) is 7.43. The molecule has 1 fully saturated rings. The van der Waals surface area contributed by atoms with Crippen LogP contribution in [0, 0.1) is 19.8 Å². The van der Waals surface area contributed by atoms with Crippen LogP contribution in [0.15, 0.2) is 54.7 Å². The Morgan fingerprint density at radius 1 is 1.00 bits per heavy atom. The van der Waals surface area contributed by atoms with Crippen LogP contribution < -0.4 is 10.6 Å². The molecule has 4 aromatic heterocycles. The van der Waals surface area contributed by atoms with Crippen molar-refractivity contribution in [3.63, 3.8) is 0 Å². The van der Waals surface area contributed by atoms with Gasteiger partial charge in [-0.15, -0.1) is 0 Å². The SMILES string of the molecule is Cc1cccc(-c2ccn(-c3cc(N4CCOCC4)n4nc(-c5cc(C)n(COC(=O)[C@@H](N)C(C)C)n5)cc4n3)n2)c1. The van der Waals surface area contributed by atoms with Gasteiger partial charge in [0.2, 0.25) is 0 Å². The highest BCUT2D eigenvalue weighted by molar-refractivity contribution is 5.75. The third kappa shape index (κ3) is 5.50. The van der Waals surface area contributed by atoms with E-state index in [-0.39, 0.29) is 12.6 Å². The van der Waals surface area contributed by atoms with Crippen molar-refractivity contribution in [3.8, 4) is 28.5 Å². The number of nitrogens with zero attached hydrogens (tertiary/aromatic N) is 8. The fourth-order valence-electron chi connectivity index (χ4n) is 4.88. The lowest BCUT2D eigenvalue weighted by atomic mass is 10.1. The molecule has 1 saturated heterocycles. The molecule has 42 heavy (non-hydrogen) atoms. The second-order valence-electron chi connectivity index (χ2n) is 10.9. The Bertz CT molecular complexity index is 1730. The third-order valence-electron chi connectivity index (χ3n) is 7.43. The standard InChI is InChI=1S/C30H35N9O3/c1-19(2)29(31)30(40)42-18-38-21(4)15-24(34-38)25-16-27-32-26(17-28(39(27)35-25)36-10-12-41-13-11-36)37-9-8-23(33-37)22-7-5-6-20(3)14-22/h5-9,14-17,19,29H,10-13,18,31H2,1-4H3/t29-/m0/s1. The molecule has 0 radical (unpaired) electrons. The van der Waals surface area contributed by atoms with Crippen molar-refractivity contribution in [1.82, 2.24) is 34.2 Å². The van der Waals surface area contributed by atoms with Gasteiger partial charge in [-0.25, -0.2) is 14.3 Å². The highest BCUT2D eigenvalue weighted by Gasteiger charge is 2.22. The molecule has 2 N–H and O–H groups in total. The van der Waals surface area contributed by atoms with E-state index in [1.54, 1.807) is 9.36 Å². The van der Waals surface area contributed by atoms with Crippen molar-refractivity contribution in [2.24, 2.45) is 11.7 Å². The molecular formula is C30H35N9O3. The number of rotatable bonds is 8. The van der Waals surface area contributed by atoms with Crippen molar-refractivity contribution in [2.75, 3.05) is 31.2 Å². The Hall–Kier alpha value is -4.55. The zero-order valence-corrected chi connectivity index (χ0v) is 24.3. The topological polar surface area (TPSA) is 131 Å². The number of esters is 1. The van der Waals surface area contributed by atoms with Crippen LogP contribution in [0.3, 0.4) is 0 Å². The van der Waals surface area contributed by atoms with Gasteiger partial charge < -0.3 is 20.1 Å². The Labute approximate surface area is 243 Å². The maximum Gasteiger partial charge on any atom is 0.324 e. The summed E-state index contributed by atoms with van der Waals surface area (Å²) in [5, 5.41) is 14.4. The molecule has 218 valence electrons. The van der Waals surface area contributed by atoms with E-state index in [1.807, 2.05) is 61.8 Å². The highest BCUT2D eigenvalue weighted by Crippen LogP contribution is 2.26. The summed E-state index contributed by atoms with van der Waals surface area (Å²) in [5.41, 5.74) is 11.8. The maximum atomic E-state index is 12.3. The minimum Gasteiger partial charge on any atom is -0.441 e. The average molecular weight is 570 g/mol. The number of hydrogen-bond donors (Lipinski definition) is 1. The number of morpholine rings is 1. The van der Waals surface area contributed by atoms with E-state index in [0.29, 0.717) is 36.1 Å². The minimum atomic E-state index is -0.680. The molecule has 0 spiro atoms. The van der Waals surface area contributed by atoms with Gasteiger partial charge in [-0.05, 0) is 38.0 Å². The molecule has 12 nitrogen and oxygen atoms in total. The first-order chi connectivity index (χ1) is 20.3. The lowest BCUT2D eigenvalue weighted by Gasteiger charge is -2.29. The smallest absolute Gasteiger partial charge is 0.324 e. The van der Waals surface area contributed by atoms with E-state index in [2.05, 4.69) is 35.1 Å². The fourth-order valence-corrected chi connectivity index (χ4v) is 4.88. The summed E-state index contributed by atoms with van der Waals surface area (Å²) in [6.07, 6.45) is 1.92. The van der Waals surface area contributed by atoms with E-state index in [4.69, 9.17) is 30.4 Å². The predicted octanol–water partition coefficient (Wildman–Crippen LogP) is 3.38. The van der Waals surface area contributed by atoms with E-state index >= 15 is 0 Å². The Balaban J connectivity index is 1.34. The first-order valence-electron chi connectivity index (χ1n) is 14.1. The molecule has 5 heterocycles. The van der Waals surface area contributed by atoms with E-state index in [0.717, 1.165) is 35.9 Å². The zero-order valence-electron chi connectivity index (χ0n) is 24.3. The molecule has 1 aliphatic heterocycles. The molecule has 0 unspecified atom stereocenters. The number of anilines is 1. The van der Waals surface area contributed by atoms with Gasteiger partial charge >= 0.3 is 5.97 Å². The zero-order chi connectivity index (χ0) is 29.4. The van der Waals surface area contributed by atoms with Gasteiger partial charge in [-0.2, -0.15) is 19.8 Å². The number of hydrogen-bond acceptors (Lipinski definition) is 9. The summed E-state index contributed by atoms with van der Waals surface area (Å²) in [6, 6.07) is 15.4. The summed E-state index contributed by atoms with van der Waals surface area (Å²) in [6.45, 7) is 10.5. The molecule has 0 amide bonds. The second kappa shape index (κ2) is 11.4. The molecule has 12 heteroatoms. The Kier molecular flexibility index (Phi) is 7.48. The van der Waals surface area contributed by atoms with Crippen LogP contribution in [-0.4, -0.2) is 72.5 Å². The number of aromatic nitrogens is 7. The normalized spacial score (nSPS) is 14.6. The molecule has 1 atom stereocenters. The minimum absolute atomic E-state index is 0.0151. The van der Waals surface area contributed by atoms with Crippen LogP contribution in [0.25, 0.3) is 34.1 Å². The maximum absolute atomic E-state index is 12.3. The first kappa shape index (κ1) is 27.6. The number of carbonyl (C=O) groups excluding carboxylic acids is 1. The van der Waals surface area contributed by atoms with E-state index in [9.17, 15) is 4.79 Å². The van der Waals surface area contributed by atoms with Crippen LogP contribution in [0.2, 0.25) is 0 Å². The van der Waals surface area contributed by atoms with Crippen LogP contribution in [0.4, 0.5) is 5.82 Å². The molecule has 0 saturated carbocycles. The van der Waals surface area contributed by atoms with E-state index < -0.39 is 12.0 Å². The lowest BCUT2D eigenvalue weighted by Crippen LogP contribution is -2.37. The molecule has 1 aliphatic rings. The van der Waals surface area contributed by atoms with Gasteiger partial charge in [-0.3, -0.25) is 4.79 Å². The predicted molar refractivity (Wildman–Crippen MR) is 158 cm³/mol. The molecule has 0 aliphatic carbocycles. The van der Waals surface area contributed by atoms with Crippen LogP contribution in [-0.2, 0) is 21.0 Å². The second-order valence-corrected chi connectivity index (χ2v) is 10.9.